The van der Waals surface area contributed by atoms with Gasteiger partial charge in [0.05, 0.1) is 0 Å². The van der Waals surface area contributed by atoms with Crippen LogP contribution in [0.4, 0.5) is 5.82 Å². The molecule has 1 aromatic rings. The summed E-state index contributed by atoms with van der Waals surface area (Å²) in [5, 5.41) is 3.10. The highest BCUT2D eigenvalue weighted by atomic mass is 16.1. The van der Waals surface area contributed by atoms with Gasteiger partial charge in [0.2, 0.25) is 0 Å². The number of carbonyl (C=O) groups excluding carboxylic acids is 1. The van der Waals surface area contributed by atoms with E-state index in [1.807, 2.05) is 20.2 Å². The van der Waals surface area contributed by atoms with Crippen molar-refractivity contribution in [2.45, 2.75) is 39.7 Å². The Morgan fingerprint density at radius 1 is 1.38 bits per heavy atom. The smallest absolute Gasteiger partial charge is 0.251 e. The third kappa shape index (κ3) is 5.71. The maximum atomic E-state index is 12.4. The molecule has 3 N–H and O–H groups in total. The molecule has 0 bridgehead atoms. The first-order chi connectivity index (χ1) is 9.83. The molecule has 0 aliphatic rings. The number of aryl methyl sites for hydroxylation is 1. The summed E-state index contributed by atoms with van der Waals surface area (Å²) < 4.78 is 0. The summed E-state index contributed by atoms with van der Waals surface area (Å²) in [5.41, 5.74) is 7.26. The molecule has 21 heavy (non-hydrogen) atoms. The fourth-order valence-corrected chi connectivity index (χ4v) is 2.19. The molecule has 5 nitrogen and oxygen atoms in total. The molecule has 0 aliphatic heterocycles. The third-order valence-electron chi connectivity index (χ3n) is 3.35. The van der Waals surface area contributed by atoms with Gasteiger partial charge >= 0.3 is 0 Å². The number of aromatic nitrogens is 1. The minimum absolute atomic E-state index is 0.0815. The molecule has 1 aromatic heterocycles. The minimum Gasteiger partial charge on any atom is -0.384 e. The first-order valence-electron chi connectivity index (χ1n) is 7.55. The van der Waals surface area contributed by atoms with Crippen LogP contribution in [0.15, 0.2) is 12.1 Å². The summed E-state index contributed by atoms with van der Waals surface area (Å²) >= 11 is 0. The average molecular weight is 292 g/mol. The van der Waals surface area contributed by atoms with E-state index in [1.54, 1.807) is 6.07 Å². The highest BCUT2D eigenvalue weighted by Crippen LogP contribution is 2.11. The SMILES string of the molecule is CCCc1cc(C(=O)NC(CN(C)C)C(C)C)cc(N)n1. The molecular weight excluding hydrogens is 264 g/mol. The van der Waals surface area contributed by atoms with Crippen molar-refractivity contribution < 1.29 is 4.79 Å². The van der Waals surface area contributed by atoms with Crippen LogP contribution in [-0.2, 0) is 6.42 Å². The van der Waals surface area contributed by atoms with Gasteiger partial charge in [-0.1, -0.05) is 27.2 Å². The third-order valence-corrected chi connectivity index (χ3v) is 3.35. The lowest BCUT2D eigenvalue weighted by Gasteiger charge is -2.25. The number of hydrogen-bond donors (Lipinski definition) is 2. The van der Waals surface area contributed by atoms with Crippen molar-refractivity contribution in [1.29, 1.82) is 0 Å². The maximum Gasteiger partial charge on any atom is 0.251 e. The number of nitrogens with zero attached hydrogens (tertiary/aromatic N) is 2. The molecule has 1 amide bonds. The van der Waals surface area contributed by atoms with Gasteiger partial charge in [-0.15, -0.1) is 0 Å². The molecule has 0 saturated heterocycles. The summed E-state index contributed by atoms with van der Waals surface area (Å²) in [5.74, 6) is 0.687. The van der Waals surface area contributed by atoms with Crippen LogP contribution in [0.25, 0.3) is 0 Å². The largest absolute Gasteiger partial charge is 0.384 e. The minimum atomic E-state index is -0.0815. The van der Waals surface area contributed by atoms with E-state index in [0.29, 0.717) is 17.3 Å². The van der Waals surface area contributed by atoms with Gasteiger partial charge in [-0.25, -0.2) is 4.98 Å². The van der Waals surface area contributed by atoms with Crippen LogP contribution in [0.2, 0.25) is 0 Å². The van der Waals surface area contributed by atoms with Gasteiger partial charge in [-0.2, -0.15) is 0 Å². The Morgan fingerprint density at radius 3 is 2.57 bits per heavy atom. The number of nitrogens with two attached hydrogens (primary N) is 1. The van der Waals surface area contributed by atoms with Crippen molar-refractivity contribution in [3.8, 4) is 0 Å². The van der Waals surface area contributed by atoms with Gasteiger partial charge in [-0.3, -0.25) is 4.79 Å². The van der Waals surface area contributed by atoms with E-state index in [9.17, 15) is 4.79 Å². The molecule has 0 spiro atoms. The molecule has 0 saturated carbocycles. The lowest BCUT2D eigenvalue weighted by Crippen LogP contribution is -2.45. The first kappa shape index (κ1) is 17.4. The highest BCUT2D eigenvalue weighted by Gasteiger charge is 2.18. The number of amides is 1. The van der Waals surface area contributed by atoms with Crippen molar-refractivity contribution in [2.75, 3.05) is 26.4 Å². The predicted molar refractivity (Wildman–Crippen MR) is 87.3 cm³/mol. The zero-order valence-corrected chi connectivity index (χ0v) is 13.8. The van der Waals surface area contributed by atoms with Crippen molar-refractivity contribution >= 4 is 11.7 Å². The zero-order valence-electron chi connectivity index (χ0n) is 13.8. The van der Waals surface area contributed by atoms with Crippen molar-refractivity contribution in [3.05, 3.63) is 23.4 Å². The van der Waals surface area contributed by atoms with Crippen LogP contribution in [-0.4, -0.2) is 42.5 Å². The van der Waals surface area contributed by atoms with Crippen LogP contribution in [0.5, 0.6) is 0 Å². The Kier molecular flexibility index (Phi) is 6.62. The number of likely N-dealkylation sites (N-methyl/N-ethyl adjacent to an activating group) is 1. The normalized spacial score (nSPS) is 12.7. The Morgan fingerprint density at radius 2 is 2.05 bits per heavy atom. The lowest BCUT2D eigenvalue weighted by molar-refractivity contribution is 0.0916. The highest BCUT2D eigenvalue weighted by molar-refractivity contribution is 5.95. The number of pyridine rings is 1. The van der Waals surface area contributed by atoms with Crippen molar-refractivity contribution in [2.24, 2.45) is 5.92 Å². The molecule has 0 aromatic carbocycles. The molecule has 5 heteroatoms. The average Bonchev–Trinajstić information content (AvgIpc) is 2.36. The molecule has 0 fully saturated rings. The fraction of sp³-hybridized carbons (Fsp3) is 0.625. The number of nitrogens with one attached hydrogen (secondary N) is 1. The van der Waals surface area contributed by atoms with Gasteiger partial charge in [0, 0.05) is 23.8 Å². The fourth-order valence-electron chi connectivity index (χ4n) is 2.19. The van der Waals surface area contributed by atoms with Crippen LogP contribution in [0, 0.1) is 5.92 Å². The summed E-state index contributed by atoms with van der Waals surface area (Å²) in [6.45, 7) is 7.11. The van der Waals surface area contributed by atoms with Crippen molar-refractivity contribution in [1.82, 2.24) is 15.2 Å². The molecule has 1 rings (SSSR count). The van der Waals surface area contributed by atoms with E-state index in [2.05, 4.69) is 36.0 Å². The molecule has 1 unspecified atom stereocenters. The van der Waals surface area contributed by atoms with Crippen LogP contribution >= 0.6 is 0 Å². The summed E-state index contributed by atoms with van der Waals surface area (Å²) in [7, 11) is 4.01. The van der Waals surface area contributed by atoms with Gasteiger partial charge < -0.3 is 16.0 Å². The van der Waals surface area contributed by atoms with E-state index in [4.69, 9.17) is 5.73 Å². The van der Waals surface area contributed by atoms with Crippen molar-refractivity contribution in [3.63, 3.8) is 0 Å². The van der Waals surface area contributed by atoms with E-state index < -0.39 is 0 Å². The zero-order chi connectivity index (χ0) is 16.0. The lowest BCUT2D eigenvalue weighted by atomic mass is 10.0. The number of nitrogen functional groups attached to an aromatic ring is 1. The van der Waals surface area contributed by atoms with Crippen LogP contribution in [0.1, 0.15) is 43.2 Å². The standard InChI is InChI=1S/C16H28N4O/c1-6-7-13-8-12(9-15(17)18-13)16(21)19-14(11(2)3)10-20(4)5/h8-9,11,14H,6-7,10H2,1-5H3,(H2,17,18)(H,19,21). The van der Waals surface area contributed by atoms with Crippen LogP contribution < -0.4 is 11.1 Å². The van der Waals surface area contributed by atoms with Crippen LogP contribution in [0.3, 0.4) is 0 Å². The number of rotatable bonds is 7. The summed E-state index contributed by atoms with van der Waals surface area (Å²) in [4.78, 5) is 18.8. The van der Waals surface area contributed by atoms with E-state index in [1.165, 1.54) is 0 Å². The summed E-state index contributed by atoms with van der Waals surface area (Å²) in [6.07, 6.45) is 1.81. The Labute approximate surface area is 127 Å². The van der Waals surface area contributed by atoms with Gasteiger partial charge in [0.1, 0.15) is 5.82 Å². The topological polar surface area (TPSA) is 71.2 Å². The number of anilines is 1. The Bertz CT molecular complexity index is 471. The molecule has 1 atom stereocenters. The second-order valence-electron chi connectivity index (χ2n) is 6.11. The molecule has 0 radical (unpaired) electrons. The molecule has 118 valence electrons. The molecular formula is C16H28N4O. The predicted octanol–water partition coefficient (Wildman–Crippen LogP) is 1.93. The Balaban J connectivity index is 2.86. The summed E-state index contributed by atoms with van der Waals surface area (Å²) in [6, 6.07) is 3.58. The maximum absolute atomic E-state index is 12.4. The second-order valence-corrected chi connectivity index (χ2v) is 6.11. The molecule has 1 heterocycles. The Hall–Kier alpha value is -1.62. The van der Waals surface area contributed by atoms with E-state index >= 15 is 0 Å². The monoisotopic (exact) mass is 292 g/mol. The number of hydrogen-bond acceptors (Lipinski definition) is 4. The first-order valence-corrected chi connectivity index (χ1v) is 7.55. The van der Waals surface area contributed by atoms with Gasteiger partial charge in [0.15, 0.2) is 0 Å². The van der Waals surface area contributed by atoms with Gasteiger partial charge in [-0.05, 0) is 38.6 Å². The van der Waals surface area contributed by atoms with E-state index in [0.717, 1.165) is 25.1 Å². The quantitative estimate of drug-likeness (QED) is 0.805. The van der Waals surface area contributed by atoms with E-state index in [-0.39, 0.29) is 11.9 Å². The second kappa shape index (κ2) is 7.98. The van der Waals surface area contributed by atoms with Gasteiger partial charge in [0.25, 0.3) is 5.91 Å². The molecule has 0 aliphatic carbocycles. The number of carbonyl (C=O) groups is 1.